The summed E-state index contributed by atoms with van der Waals surface area (Å²) < 4.78 is 26.3. The van der Waals surface area contributed by atoms with Crippen molar-refractivity contribution in [3.05, 3.63) is 35.4 Å². The van der Waals surface area contributed by atoms with Gasteiger partial charge in [-0.15, -0.1) is 0 Å². The van der Waals surface area contributed by atoms with E-state index in [0.29, 0.717) is 12.0 Å². The molecule has 4 heteroatoms. The van der Waals surface area contributed by atoms with Crippen molar-refractivity contribution in [1.29, 1.82) is 0 Å². The fourth-order valence-corrected chi connectivity index (χ4v) is 1.67. The van der Waals surface area contributed by atoms with Crippen LogP contribution >= 0.6 is 0 Å². The van der Waals surface area contributed by atoms with Crippen molar-refractivity contribution < 1.29 is 8.78 Å². The number of halogens is 2. The summed E-state index contributed by atoms with van der Waals surface area (Å²) in [5.41, 5.74) is 3.02. The molecule has 0 saturated carbocycles. The molecule has 1 aromatic carbocycles. The zero-order chi connectivity index (χ0) is 12.0. The van der Waals surface area contributed by atoms with Crippen LogP contribution in [0.4, 0.5) is 8.78 Å². The quantitative estimate of drug-likeness (QED) is 0.580. The van der Waals surface area contributed by atoms with Gasteiger partial charge in [-0.1, -0.05) is 31.9 Å². The number of hydrazine groups is 1. The summed E-state index contributed by atoms with van der Waals surface area (Å²) in [5.74, 6) is 3.82. The van der Waals surface area contributed by atoms with Gasteiger partial charge >= 0.3 is 0 Å². The first-order valence-corrected chi connectivity index (χ1v) is 5.58. The molecule has 90 valence electrons. The summed E-state index contributed by atoms with van der Waals surface area (Å²) in [6.45, 7) is 2.08. The van der Waals surface area contributed by atoms with Gasteiger partial charge in [0.25, 0.3) is 0 Å². The molecule has 1 unspecified atom stereocenters. The van der Waals surface area contributed by atoms with Gasteiger partial charge in [0.2, 0.25) is 0 Å². The minimum atomic E-state index is -0.802. The Labute approximate surface area is 94.8 Å². The van der Waals surface area contributed by atoms with Crippen LogP contribution < -0.4 is 11.3 Å². The molecule has 1 aromatic rings. The molecule has 0 fully saturated rings. The lowest BCUT2D eigenvalue weighted by atomic mass is 10.0. The van der Waals surface area contributed by atoms with Gasteiger partial charge in [0.1, 0.15) is 0 Å². The average molecular weight is 228 g/mol. The van der Waals surface area contributed by atoms with Crippen LogP contribution in [0.25, 0.3) is 0 Å². The van der Waals surface area contributed by atoms with Crippen molar-refractivity contribution in [3.63, 3.8) is 0 Å². The smallest absolute Gasteiger partial charge is 0.162 e. The van der Waals surface area contributed by atoms with Crippen LogP contribution in [0.5, 0.6) is 0 Å². The van der Waals surface area contributed by atoms with Crippen LogP contribution in [-0.4, -0.2) is 6.04 Å². The molecule has 0 aromatic heterocycles. The SMILES string of the molecule is CCCCC(Cc1cccc(F)c1F)NN. The second-order valence-corrected chi connectivity index (χ2v) is 3.92. The molecule has 0 aliphatic carbocycles. The predicted molar refractivity (Wildman–Crippen MR) is 60.7 cm³/mol. The number of rotatable bonds is 6. The van der Waals surface area contributed by atoms with E-state index in [1.807, 2.05) is 0 Å². The van der Waals surface area contributed by atoms with Gasteiger partial charge in [0.15, 0.2) is 11.6 Å². The van der Waals surface area contributed by atoms with E-state index < -0.39 is 11.6 Å². The van der Waals surface area contributed by atoms with Crippen molar-refractivity contribution in [2.45, 2.75) is 38.6 Å². The minimum absolute atomic E-state index is 0.00347. The van der Waals surface area contributed by atoms with E-state index in [1.165, 1.54) is 6.07 Å². The van der Waals surface area contributed by atoms with E-state index in [0.717, 1.165) is 25.3 Å². The Hall–Kier alpha value is -1.00. The molecule has 16 heavy (non-hydrogen) atoms. The average Bonchev–Trinajstić information content (AvgIpc) is 2.30. The van der Waals surface area contributed by atoms with Gasteiger partial charge in [-0.05, 0) is 24.5 Å². The van der Waals surface area contributed by atoms with Crippen LogP contribution in [0.15, 0.2) is 18.2 Å². The van der Waals surface area contributed by atoms with Crippen LogP contribution in [-0.2, 0) is 6.42 Å². The van der Waals surface area contributed by atoms with E-state index in [1.54, 1.807) is 6.07 Å². The number of hydrogen-bond acceptors (Lipinski definition) is 2. The van der Waals surface area contributed by atoms with E-state index in [2.05, 4.69) is 12.3 Å². The van der Waals surface area contributed by atoms with Crippen molar-refractivity contribution in [1.82, 2.24) is 5.43 Å². The molecule has 1 rings (SSSR count). The zero-order valence-corrected chi connectivity index (χ0v) is 9.47. The number of unbranched alkanes of at least 4 members (excludes halogenated alkanes) is 1. The summed E-state index contributed by atoms with van der Waals surface area (Å²) in [4.78, 5) is 0. The number of benzene rings is 1. The number of nitrogens with one attached hydrogen (secondary N) is 1. The van der Waals surface area contributed by atoms with Gasteiger partial charge in [0, 0.05) is 6.04 Å². The lowest BCUT2D eigenvalue weighted by Crippen LogP contribution is -2.37. The molecule has 0 spiro atoms. The standard InChI is InChI=1S/C12H18F2N2/c1-2-3-6-10(16-15)8-9-5-4-7-11(13)12(9)14/h4-5,7,10,16H,2-3,6,8,15H2,1H3. The molecule has 0 aliphatic heterocycles. The van der Waals surface area contributed by atoms with Crippen molar-refractivity contribution >= 4 is 0 Å². The van der Waals surface area contributed by atoms with E-state index in [9.17, 15) is 8.78 Å². The Bertz CT molecular complexity index is 329. The third kappa shape index (κ3) is 3.54. The fraction of sp³-hybridized carbons (Fsp3) is 0.500. The summed E-state index contributed by atoms with van der Waals surface area (Å²) >= 11 is 0. The highest BCUT2D eigenvalue weighted by atomic mass is 19.2. The third-order valence-corrected chi connectivity index (χ3v) is 2.64. The Morgan fingerprint density at radius 2 is 2.12 bits per heavy atom. The Balaban J connectivity index is 2.66. The second-order valence-electron chi connectivity index (χ2n) is 3.92. The molecular formula is C12H18F2N2. The lowest BCUT2D eigenvalue weighted by Gasteiger charge is -2.15. The number of nitrogens with two attached hydrogens (primary N) is 1. The molecular weight excluding hydrogens is 210 g/mol. The monoisotopic (exact) mass is 228 g/mol. The first kappa shape index (κ1) is 13.1. The highest BCUT2D eigenvalue weighted by Crippen LogP contribution is 2.15. The highest BCUT2D eigenvalue weighted by molar-refractivity contribution is 5.19. The molecule has 0 aliphatic rings. The Kier molecular flexibility index (Phi) is 5.35. The first-order chi connectivity index (χ1) is 7.69. The van der Waals surface area contributed by atoms with Crippen LogP contribution in [0.1, 0.15) is 31.7 Å². The van der Waals surface area contributed by atoms with Gasteiger partial charge < -0.3 is 0 Å². The fourth-order valence-electron chi connectivity index (χ4n) is 1.67. The van der Waals surface area contributed by atoms with Crippen molar-refractivity contribution in [3.8, 4) is 0 Å². The van der Waals surface area contributed by atoms with Crippen LogP contribution in [0.3, 0.4) is 0 Å². The van der Waals surface area contributed by atoms with Crippen LogP contribution in [0, 0.1) is 11.6 Å². The molecule has 1 atom stereocenters. The van der Waals surface area contributed by atoms with Gasteiger partial charge in [-0.25, -0.2) is 8.78 Å². The summed E-state index contributed by atoms with van der Waals surface area (Å²) in [7, 11) is 0. The third-order valence-electron chi connectivity index (χ3n) is 2.64. The Morgan fingerprint density at radius 1 is 1.38 bits per heavy atom. The van der Waals surface area contributed by atoms with Gasteiger partial charge in [-0.3, -0.25) is 11.3 Å². The molecule has 0 bridgehead atoms. The summed E-state index contributed by atoms with van der Waals surface area (Å²) in [5, 5.41) is 0. The minimum Gasteiger partial charge on any atom is -0.271 e. The maximum Gasteiger partial charge on any atom is 0.162 e. The van der Waals surface area contributed by atoms with Gasteiger partial charge in [-0.2, -0.15) is 0 Å². The molecule has 0 saturated heterocycles. The van der Waals surface area contributed by atoms with Crippen molar-refractivity contribution in [2.75, 3.05) is 0 Å². The summed E-state index contributed by atoms with van der Waals surface area (Å²) in [6.07, 6.45) is 3.36. The number of hydrogen-bond donors (Lipinski definition) is 2. The molecule has 0 amide bonds. The van der Waals surface area contributed by atoms with E-state index in [4.69, 9.17) is 5.84 Å². The van der Waals surface area contributed by atoms with E-state index >= 15 is 0 Å². The molecule has 3 N–H and O–H groups in total. The second kappa shape index (κ2) is 6.55. The van der Waals surface area contributed by atoms with Gasteiger partial charge in [0.05, 0.1) is 0 Å². The largest absolute Gasteiger partial charge is 0.271 e. The first-order valence-electron chi connectivity index (χ1n) is 5.58. The van der Waals surface area contributed by atoms with E-state index in [-0.39, 0.29) is 6.04 Å². The molecule has 0 radical (unpaired) electrons. The molecule has 0 heterocycles. The summed E-state index contributed by atoms with van der Waals surface area (Å²) in [6, 6.07) is 4.22. The maximum atomic E-state index is 13.4. The predicted octanol–water partition coefficient (Wildman–Crippen LogP) is 2.53. The normalized spacial score (nSPS) is 12.8. The zero-order valence-electron chi connectivity index (χ0n) is 9.47. The van der Waals surface area contributed by atoms with Crippen molar-refractivity contribution in [2.24, 2.45) is 5.84 Å². The Morgan fingerprint density at radius 3 is 2.75 bits per heavy atom. The lowest BCUT2D eigenvalue weighted by molar-refractivity contribution is 0.451. The maximum absolute atomic E-state index is 13.4. The topological polar surface area (TPSA) is 38.0 Å². The highest BCUT2D eigenvalue weighted by Gasteiger charge is 2.12. The molecule has 2 nitrogen and oxygen atoms in total. The van der Waals surface area contributed by atoms with Crippen LogP contribution in [0.2, 0.25) is 0 Å².